The largest absolute Gasteiger partial charge is 0.479 e. The first-order valence-electron chi connectivity index (χ1n) is 11.9. The predicted octanol–water partition coefficient (Wildman–Crippen LogP) is 4.27. The zero-order valence-electron chi connectivity index (χ0n) is 20.8. The van der Waals surface area contributed by atoms with Crippen LogP contribution in [0, 0.1) is 0 Å². The lowest BCUT2D eigenvalue weighted by molar-refractivity contribution is -0.126. The highest BCUT2D eigenvalue weighted by Gasteiger charge is 2.33. The molecular weight excluding hydrogens is 544 g/mol. The van der Waals surface area contributed by atoms with Gasteiger partial charge < -0.3 is 24.6 Å². The summed E-state index contributed by atoms with van der Waals surface area (Å²) in [6.45, 7) is 0.176. The van der Waals surface area contributed by atoms with Gasteiger partial charge in [-0.3, -0.25) is 9.48 Å². The zero-order chi connectivity index (χ0) is 27.7. The number of nitrogens with zero attached hydrogens (tertiary/aromatic N) is 4. The smallest absolute Gasteiger partial charge is 0.393 e. The average molecular weight is 569 g/mol. The Balaban J connectivity index is 1.43. The molecule has 4 heterocycles. The summed E-state index contributed by atoms with van der Waals surface area (Å²) in [4.78, 5) is 17.0. The highest BCUT2D eigenvalue weighted by Crippen LogP contribution is 2.43. The number of nitrogens with one attached hydrogen (secondary N) is 2. The molecule has 1 aromatic carbocycles. The molecule has 2 N–H and O–H groups in total. The molecule has 0 unspecified atom stereocenters. The van der Waals surface area contributed by atoms with Crippen molar-refractivity contribution in [2.24, 2.45) is 7.05 Å². The Kier molecular flexibility index (Phi) is 7.44. The number of aromatic nitrogens is 4. The summed E-state index contributed by atoms with van der Waals surface area (Å²) in [6.07, 6.45) is -5.05. The number of alkyl halides is 4. The van der Waals surface area contributed by atoms with E-state index in [4.69, 9.17) is 14.0 Å². The molecule has 208 valence electrons. The molecule has 15 heteroatoms. The van der Waals surface area contributed by atoms with Crippen LogP contribution in [0.2, 0.25) is 0 Å². The number of anilines is 1. The van der Waals surface area contributed by atoms with E-state index in [0.717, 1.165) is 11.3 Å². The average Bonchev–Trinajstić information content (AvgIpc) is 3.60. The third-order valence-corrected chi connectivity index (χ3v) is 7.40. The van der Waals surface area contributed by atoms with Crippen LogP contribution in [0.4, 0.5) is 23.2 Å². The maximum absolute atomic E-state index is 14.4. The number of hydrogen-bond acceptors (Lipinski definition) is 9. The number of carbonyl (C=O) groups is 1. The number of halogens is 4. The molecule has 4 aromatic rings. The van der Waals surface area contributed by atoms with Gasteiger partial charge in [0.2, 0.25) is 17.6 Å². The second-order valence-electron chi connectivity index (χ2n) is 8.93. The molecule has 1 aliphatic rings. The first kappa shape index (κ1) is 26.9. The highest BCUT2D eigenvalue weighted by atomic mass is 32.1. The maximum atomic E-state index is 14.4. The number of thiophene rings is 1. The zero-order valence-corrected chi connectivity index (χ0v) is 21.7. The minimum atomic E-state index is -4.50. The van der Waals surface area contributed by atoms with E-state index in [9.17, 15) is 22.4 Å². The van der Waals surface area contributed by atoms with Gasteiger partial charge in [0, 0.05) is 19.9 Å². The fourth-order valence-electron chi connectivity index (χ4n) is 4.35. The summed E-state index contributed by atoms with van der Waals surface area (Å²) in [5.74, 6) is -0.418. The molecule has 0 radical (unpaired) electrons. The van der Waals surface area contributed by atoms with Crippen molar-refractivity contribution in [1.29, 1.82) is 0 Å². The van der Waals surface area contributed by atoms with Crippen LogP contribution in [0.3, 0.4) is 0 Å². The van der Waals surface area contributed by atoms with Crippen LogP contribution in [0.1, 0.15) is 28.2 Å². The van der Waals surface area contributed by atoms with E-state index in [-0.39, 0.29) is 46.8 Å². The Hall–Kier alpha value is -3.72. The molecule has 0 aliphatic carbocycles. The fourth-order valence-corrected chi connectivity index (χ4v) is 5.57. The summed E-state index contributed by atoms with van der Waals surface area (Å²) in [5, 5.41) is 14.0. The summed E-state index contributed by atoms with van der Waals surface area (Å²) >= 11 is 1.06. The van der Waals surface area contributed by atoms with Crippen molar-refractivity contribution < 1.29 is 36.4 Å². The lowest BCUT2D eigenvalue weighted by atomic mass is 10.0. The van der Waals surface area contributed by atoms with E-state index in [0.29, 0.717) is 28.8 Å². The fraction of sp³-hybridized carbons (Fsp3) is 0.417. The topological polar surface area (TPSA) is 116 Å². The molecule has 3 aromatic heterocycles. The quantitative estimate of drug-likeness (QED) is 0.303. The third-order valence-electron chi connectivity index (χ3n) is 6.13. The van der Waals surface area contributed by atoms with Gasteiger partial charge >= 0.3 is 6.18 Å². The van der Waals surface area contributed by atoms with Crippen LogP contribution in [0.25, 0.3) is 20.8 Å². The minimum absolute atomic E-state index is 0.00236. The van der Waals surface area contributed by atoms with Crippen LogP contribution in [-0.4, -0.2) is 64.5 Å². The first-order valence-corrected chi connectivity index (χ1v) is 12.7. The van der Waals surface area contributed by atoms with Crippen LogP contribution in [0.15, 0.2) is 28.9 Å². The van der Waals surface area contributed by atoms with Crippen LogP contribution in [-0.2, 0) is 24.8 Å². The van der Waals surface area contributed by atoms with Crippen molar-refractivity contribution >= 4 is 33.0 Å². The van der Waals surface area contributed by atoms with Gasteiger partial charge in [0.05, 0.1) is 48.0 Å². The molecule has 2 atom stereocenters. The Morgan fingerprint density at radius 1 is 1.33 bits per heavy atom. The SMILES string of the molecule is COc1nn(C)cc1C(=O)NCc1nc(-c2sc3c(N[C@@H]4CCOC[C@@H]4F)cccc3c2CC(F)(F)F)no1. The molecule has 0 saturated carbocycles. The maximum Gasteiger partial charge on any atom is 0.393 e. The summed E-state index contributed by atoms with van der Waals surface area (Å²) in [6, 6.07) is 4.38. The summed E-state index contributed by atoms with van der Waals surface area (Å²) in [7, 11) is 3.01. The van der Waals surface area contributed by atoms with Gasteiger partial charge in [0.15, 0.2) is 0 Å². The lowest BCUT2D eigenvalue weighted by Gasteiger charge is -2.28. The Labute approximate surface area is 223 Å². The van der Waals surface area contributed by atoms with Gasteiger partial charge in [0.25, 0.3) is 5.91 Å². The van der Waals surface area contributed by atoms with Gasteiger partial charge in [-0.1, -0.05) is 17.3 Å². The monoisotopic (exact) mass is 568 g/mol. The van der Waals surface area contributed by atoms with Crippen molar-refractivity contribution in [2.75, 3.05) is 25.6 Å². The van der Waals surface area contributed by atoms with Crippen LogP contribution in [0.5, 0.6) is 5.88 Å². The Bertz CT molecular complexity index is 1480. The van der Waals surface area contributed by atoms with Gasteiger partial charge in [-0.15, -0.1) is 16.4 Å². The number of amides is 1. The molecule has 1 fully saturated rings. The van der Waals surface area contributed by atoms with E-state index in [2.05, 4.69) is 25.9 Å². The molecule has 0 bridgehead atoms. The van der Waals surface area contributed by atoms with E-state index in [1.54, 1.807) is 25.2 Å². The number of methoxy groups -OCH3 is 1. The van der Waals surface area contributed by atoms with Gasteiger partial charge in [-0.05, 0) is 23.4 Å². The molecule has 1 saturated heterocycles. The van der Waals surface area contributed by atoms with Crippen molar-refractivity contribution in [3.05, 3.63) is 41.4 Å². The minimum Gasteiger partial charge on any atom is -0.479 e. The van der Waals surface area contributed by atoms with Gasteiger partial charge in [0.1, 0.15) is 11.7 Å². The van der Waals surface area contributed by atoms with Crippen molar-refractivity contribution in [2.45, 2.75) is 37.8 Å². The van der Waals surface area contributed by atoms with Crippen molar-refractivity contribution in [3.63, 3.8) is 0 Å². The molecule has 5 rings (SSSR count). The number of rotatable bonds is 8. The number of benzene rings is 1. The molecule has 1 amide bonds. The molecule has 39 heavy (non-hydrogen) atoms. The highest BCUT2D eigenvalue weighted by molar-refractivity contribution is 7.23. The normalized spacial score (nSPS) is 17.9. The Morgan fingerprint density at radius 3 is 2.90 bits per heavy atom. The lowest BCUT2D eigenvalue weighted by Crippen LogP contribution is -2.39. The standard InChI is InChI=1S/C24H24F4N6O4S/c1-34-10-14(23(32-34)36-2)22(35)29-9-18-31-21(33-38-18)20-13(8-24(26,27)28)12-4-3-5-17(19(12)39-20)30-16-6-7-37-11-15(16)25/h3-5,10,15-16,30H,6-9,11H2,1-2H3,(H,29,35)/t15-,16+/m0/s1. The second-order valence-corrected chi connectivity index (χ2v) is 9.96. The summed E-state index contributed by atoms with van der Waals surface area (Å²) < 4.78 is 72.6. The Morgan fingerprint density at radius 2 is 2.15 bits per heavy atom. The number of aryl methyl sites for hydroxylation is 1. The number of fused-ring (bicyclic) bond motifs is 1. The third kappa shape index (κ3) is 5.83. The molecular formula is C24H24F4N6O4S. The van der Waals surface area contributed by atoms with E-state index in [1.807, 2.05) is 0 Å². The number of carbonyl (C=O) groups excluding carboxylic acids is 1. The van der Waals surface area contributed by atoms with Crippen LogP contribution >= 0.6 is 11.3 Å². The number of ether oxygens (including phenoxy) is 2. The molecule has 10 nitrogen and oxygen atoms in total. The molecule has 1 aliphatic heterocycles. The van der Waals surface area contributed by atoms with Gasteiger partial charge in [-0.25, -0.2) is 4.39 Å². The van der Waals surface area contributed by atoms with E-state index in [1.165, 1.54) is 18.0 Å². The predicted molar refractivity (Wildman–Crippen MR) is 134 cm³/mol. The first-order chi connectivity index (χ1) is 18.6. The van der Waals surface area contributed by atoms with E-state index >= 15 is 0 Å². The van der Waals surface area contributed by atoms with Crippen LogP contribution < -0.4 is 15.4 Å². The van der Waals surface area contributed by atoms with Gasteiger partial charge in [-0.2, -0.15) is 18.2 Å². The second kappa shape index (κ2) is 10.8. The summed E-state index contributed by atoms with van der Waals surface area (Å²) in [5.41, 5.74) is 0.700. The number of hydrogen-bond donors (Lipinski definition) is 2. The van der Waals surface area contributed by atoms with Crippen molar-refractivity contribution in [3.8, 4) is 16.6 Å². The van der Waals surface area contributed by atoms with Crippen molar-refractivity contribution in [1.82, 2.24) is 25.2 Å². The van der Waals surface area contributed by atoms with E-state index < -0.39 is 30.7 Å². The molecule has 0 spiro atoms.